The highest BCUT2D eigenvalue weighted by atomic mass is 32.1. The van der Waals surface area contributed by atoms with Crippen LogP contribution < -0.4 is 0 Å². The summed E-state index contributed by atoms with van der Waals surface area (Å²) in [7, 11) is 1.77. The molecule has 1 aliphatic rings. The number of likely N-dealkylation sites (N-methyl/N-ethyl adjacent to an activating group) is 1. The number of thiophene rings is 1. The first-order valence-electron chi connectivity index (χ1n) is 8.21. The van der Waals surface area contributed by atoms with Crippen LogP contribution in [-0.4, -0.2) is 41.2 Å². The molecule has 0 N–H and O–H groups in total. The summed E-state index contributed by atoms with van der Waals surface area (Å²) in [5, 5.41) is 1.89. The number of likely N-dealkylation sites (tertiary alicyclic amines) is 1. The van der Waals surface area contributed by atoms with Gasteiger partial charge >= 0.3 is 0 Å². The zero-order valence-electron chi connectivity index (χ0n) is 14.0. The average molecular weight is 346 g/mol. The molecule has 1 fully saturated rings. The van der Waals surface area contributed by atoms with Crippen molar-refractivity contribution in [2.24, 2.45) is 0 Å². The normalized spacial score (nSPS) is 17.8. The second-order valence-corrected chi connectivity index (χ2v) is 7.14. The molecule has 1 atom stereocenters. The van der Waals surface area contributed by atoms with Gasteiger partial charge in [-0.05, 0) is 49.8 Å². The van der Waals surface area contributed by atoms with Gasteiger partial charge < -0.3 is 14.2 Å². The van der Waals surface area contributed by atoms with Crippen LogP contribution in [0, 0.1) is 6.92 Å². The van der Waals surface area contributed by atoms with Gasteiger partial charge in [-0.3, -0.25) is 9.59 Å². The van der Waals surface area contributed by atoms with E-state index in [-0.39, 0.29) is 17.9 Å². The van der Waals surface area contributed by atoms with Crippen molar-refractivity contribution in [1.82, 2.24) is 9.80 Å². The van der Waals surface area contributed by atoms with Gasteiger partial charge in [0.15, 0.2) is 0 Å². The van der Waals surface area contributed by atoms with Gasteiger partial charge in [0.2, 0.25) is 5.91 Å². The van der Waals surface area contributed by atoms with Gasteiger partial charge in [-0.15, -0.1) is 11.3 Å². The van der Waals surface area contributed by atoms with Gasteiger partial charge in [0.05, 0.1) is 11.4 Å². The van der Waals surface area contributed by atoms with Crippen LogP contribution in [0.2, 0.25) is 0 Å². The van der Waals surface area contributed by atoms with Crippen LogP contribution in [0.1, 0.15) is 40.5 Å². The highest BCUT2D eigenvalue weighted by molar-refractivity contribution is 7.12. The van der Waals surface area contributed by atoms with Crippen molar-refractivity contribution in [3.05, 3.63) is 46.0 Å². The average Bonchev–Trinajstić information content (AvgIpc) is 3.25. The summed E-state index contributed by atoms with van der Waals surface area (Å²) in [6.45, 7) is 2.94. The third-order valence-electron chi connectivity index (χ3n) is 4.35. The van der Waals surface area contributed by atoms with Gasteiger partial charge in [0.25, 0.3) is 5.91 Å². The zero-order chi connectivity index (χ0) is 17.1. The third-order valence-corrected chi connectivity index (χ3v) is 5.20. The topological polar surface area (TPSA) is 53.8 Å². The number of piperidine rings is 1. The minimum atomic E-state index is -0.380. The van der Waals surface area contributed by atoms with E-state index in [1.54, 1.807) is 16.8 Å². The van der Waals surface area contributed by atoms with Crippen LogP contribution in [0.15, 0.2) is 34.1 Å². The molecular weight excluding hydrogens is 324 g/mol. The molecule has 2 aromatic rings. The summed E-state index contributed by atoms with van der Waals surface area (Å²) in [6.07, 6.45) is 2.64. The van der Waals surface area contributed by atoms with Crippen LogP contribution >= 0.6 is 11.3 Å². The number of hydrogen-bond donors (Lipinski definition) is 0. The second kappa shape index (κ2) is 7.21. The quantitative estimate of drug-likeness (QED) is 0.853. The molecule has 1 unspecified atom stereocenters. The molecule has 1 aliphatic heterocycles. The molecule has 3 heterocycles. The first-order valence-corrected chi connectivity index (χ1v) is 9.09. The fourth-order valence-corrected chi connectivity index (χ4v) is 3.79. The van der Waals surface area contributed by atoms with E-state index in [0.29, 0.717) is 18.0 Å². The van der Waals surface area contributed by atoms with Crippen molar-refractivity contribution >= 4 is 23.2 Å². The lowest BCUT2D eigenvalue weighted by Gasteiger charge is -2.36. The highest BCUT2D eigenvalue weighted by Gasteiger charge is 2.34. The molecule has 24 heavy (non-hydrogen) atoms. The number of hydrogen-bond acceptors (Lipinski definition) is 4. The molecular formula is C18H22N2O3S. The SMILES string of the molecule is Cc1ccc(CN(C)C(=O)C2CCCCN2C(=O)c2cccs2)o1. The van der Waals surface area contributed by atoms with Gasteiger partial charge in [0, 0.05) is 13.6 Å². The Morgan fingerprint density at radius 3 is 2.83 bits per heavy atom. The van der Waals surface area contributed by atoms with Gasteiger partial charge in [0.1, 0.15) is 17.6 Å². The van der Waals surface area contributed by atoms with Crippen molar-refractivity contribution in [3.63, 3.8) is 0 Å². The van der Waals surface area contributed by atoms with Crippen LogP contribution in [0.25, 0.3) is 0 Å². The lowest BCUT2D eigenvalue weighted by atomic mass is 10.0. The molecule has 0 saturated carbocycles. The molecule has 1 saturated heterocycles. The second-order valence-electron chi connectivity index (χ2n) is 6.19. The Morgan fingerprint density at radius 2 is 2.17 bits per heavy atom. The maximum atomic E-state index is 12.9. The van der Waals surface area contributed by atoms with Crippen LogP contribution in [0.3, 0.4) is 0 Å². The predicted molar refractivity (Wildman–Crippen MR) is 92.9 cm³/mol. The van der Waals surface area contributed by atoms with E-state index in [0.717, 1.165) is 30.8 Å². The smallest absolute Gasteiger partial charge is 0.264 e. The maximum absolute atomic E-state index is 12.9. The third kappa shape index (κ3) is 3.53. The number of rotatable bonds is 4. The Hall–Kier alpha value is -2.08. The Labute approximate surface area is 145 Å². The van der Waals surface area contributed by atoms with Crippen LogP contribution in [-0.2, 0) is 11.3 Å². The van der Waals surface area contributed by atoms with E-state index < -0.39 is 0 Å². The first kappa shape index (κ1) is 16.8. The standard InChI is InChI=1S/C18H22N2O3S/c1-13-8-9-14(23-13)12-19(2)17(21)15-6-3-4-10-20(15)18(22)16-7-5-11-24-16/h5,7-9,11,15H,3-4,6,10,12H2,1-2H3. The summed E-state index contributed by atoms with van der Waals surface area (Å²) in [6, 6.07) is 7.08. The lowest BCUT2D eigenvalue weighted by molar-refractivity contribution is -0.136. The number of aryl methyl sites for hydroxylation is 1. The minimum Gasteiger partial charge on any atom is -0.464 e. The molecule has 3 rings (SSSR count). The van der Waals surface area contributed by atoms with E-state index in [2.05, 4.69) is 0 Å². The molecule has 128 valence electrons. The molecule has 0 radical (unpaired) electrons. The molecule has 0 aliphatic carbocycles. The number of furan rings is 1. The Kier molecular flexibility index (Phi) is 5.04. The number of nitrogens with zero attached hydrogens (tertiary/aromatic N) is 2. The predicted octanol–water partition coefficient (Wildman–Crippen LogP) is 3.30. The van der Waals surface area contributed by atoms with Crippen molar-refractivity contribution in [3.8, 4) is 0 Å². The number of carbonyl (C=O) groups excluding carboxylic acids is 2. The Bertz CT molecular complexity index is 708. The van der Waals surface area contributed by atoms with Crippen molar-refractivity contribution in [1.29, 1.82) is 0 Å². The molecule has 0 aromatic carbocycles. The van der Waals surface area contributed by atoms with Crippen molar-refractivity contribution in [2.45, 2.75) is 38.8 Å². The monoisotopic (exact) mass is 346 g/mol. The Balaban J connectivity index is 1.72. The lowest BCUT2D eigenvalue weighted by Crippen LogP contribution is -2.52. The summed E-state index contributed by atoms with van der Waals surface area (Å²) in [5.41, 5.74) is 0. The number of carbonyl (C=O) groups is 2. The van der Waals surface area contributed by atoms with E-state index in [4.69, 9.17) is 4.42 Å². The minimum absolute atomic E-state index is 0.0198. The van der Waals surface area contributed by atoms with Crippen molar-refractivity contribution in [2.75, 3.05) is 13.6 Å². The van der Waals surface area contributed by atoms with E-state index >= 15 is 0 Å². The van der Waals surface area contributed by atoms with Gasteiger partial charge in [-0.1, -0.05) is 6.07 Å². The molecule has 0 spiro atoms. The van der Waals surface area contributed by atoms with E-state index in [1.165, 1.54) is 11.3 Å². The summed E-state index contributed by atoms with van der Waals surface area (Å²) in [5.74, 6) is 1.53. The fraction of sp³-hybridized carbons (Fsp3) is 0.444. The molecule has 6 heteroatoms. The molecule has 2 aromatic heterocycles. The number of amides is 2. The van der Waals surface area contributed by atoms with Crippen molar-refractivity contribution < 1.29 is 14.0 Å². The first-order chi connectivity index (χ1) is 11.6. The molecule has 2 amide bonds. The van der Waals surface area contributed by atoms with Gasteiger partial charge in [-0.2, -0.15) is 0 Å². The van der Waals surface area contributed by atoms with E-state index in [1.807, 2.05) is 36.6 Å². The Morgan fingerprint density at radius 1 is 1.33 bits per heavy atom. The summed E-state index contributed by atoms with van der Waals surface area (Å²) >= 11 is 1.42. The molecule has 0 bridgehead atoms. The van der Waals surface area contributed by atoms with Crippen LogP contribution in [0.4, 0.5) is 0 Å². The zero-order valence-corrected chi connectivity index (χ0v) is 14.8. The summed E-state index contributed by atoms with van der Waals surface area (Å²) in [4.78, 5) is 29.7. The van der Waals surface area contributed by atoms with Gasteiger partial charge in [-0.25, -0.2) is 0 Å². The highest BCUT2D eigenvalue weighted by Crippen LogP contribution is 2.23. The van der Waals surface area contributed by atoms with Crippen LogP contribution in [0.5, 0.6) is 0 Å². The maximum Gasteiger partial charge on any atom is 0.264 e. The fourth-order valence-electron chi connectivity index (χ4n) is 3.11. The molecule has 5 nitrogen and oxygen atoms in total. The van der Waals surface area contributed by atoms with E-state index in [9.17, 15) is 9.59 Å². The largest absolute Gasteiger partial charge is 0.464 e. The summed E-state index contributed by atoms with van der Waals surface area (Å²) < 4.78 is 5.55.